The van der Waals surface area contributed by atoms with Crippen molar-refractivity contribution in [3.05, 3.63) is 48.6 Å². The molecule has 44 heavy (non-hydrogen) atoms. The zero-order valence-corrected chi connectivity index (χ0v) is 30.5. The fourth-order valence-electron chi connectivity index (χ4n) is 5.54. The van der Waals surface area contributed by atoms with Crippen LogP contribution in [0.25, 0.3) is 0 Å². The van der Waals surface area contributed by atoms with Gasteiger partial charge in [-0.3, -0.25) is 4.99 Å². The number of allylic oxidation sites excluding steroid dienone is 8. The number of hydrogen-bond donors (Lipinski definition) is 0. The van der Waals surface area contributed by atoms with E-state index in [4.69, 9.17) is 4.99 Å². The molecule has 0 aromatic carbocycles. The smallest absolute Gasteiger partial charge is 0.0400 e. The van der Waals surface area contributed by atoms with Crippen molar-refractivity contribution in [3.63, 3.8) is 0 Å². The number of hydrogen-bond acceptors (Lipinski definition) is 2. The van der Waals surface area contributed by atoms with E-state index in [1.807, 2.05) is 0 Å². The van der Waals surface area contributed by atoms with E-state index in [9.17, 15) is 0 Å². The van der Waals surface area contributed by atoms with E-state index in [0.717, 1.165) is 25.9 Å². The Balaban J connectivity index is 3.88. The molecule has 2 heteroatoms. The third-order valence-corrected chi connectivity index (χ3v) is 8.43. The van der Waals surface area contributed by atoms with Gasteiger partial charge < -0.3 is 4.90 Å². The molecule has 2 nitrogen and oxygen atoms in total. The third-order valence-electron chi connectivity index (χ3n) is 8.43. The molecule has 0 fully saturated rings. The van der Waals surface area contributed by atoms with Gasteiger partial charge in [-0.2, -0.15) is 0 Å². The Kier molecular flexibility index (Phi) is 36.6. The highest BCUT2D eigenvalue weighted by Crippen LogP contribution is 2.14. The summed E-state index contributed by atoms with van der Waals surface area (Å²) in [6.07, 6.45) is 54.3. The second kappa shape index (κ2) is 37.8. The van der Waals surface area contributed by atoms with Gasteiger partial charge in [0, 0.05) is 12.3 Å². The molecule has 0 aliphatic heterocycles. The molecule has 0 radical (unpaired) electrons. The lowest BCUT2D eigenvalue weighted by Crippen LogP contribution is -2.14. The van der Waals surface area contributed by atoms with Gasteiger partial charge in [-0.05, 0) is 117 Å². The van der Waals surface area contributed by atoms with Gasteiger partial charge in [0.25, 0.3) is 0 Å². The van der Waals surface area contributed by atoms with Crippen LogP contribution < -0.4 is 0 Å². The first-order chi connectivity index (χ1) is 21.7. The van der Waals surface area contributed by atoms with E-state index in [1.165, 1.54) is 166 Å². The highest BCUT2D eigenvalue weighted by molar-refractivity contribution is 5.84. The van der Waals surface area contributed by atoms with Crippen LogP contribution in [0.2, 0.25) is 0 Å². The minimum absolute atomic E-state index is 1.01. The monoisotopic (exact) mass is 611 g/mol. The summed E-state index contributed by atoms with van der Waals surface area (Å²) in [5, 5.41) is 0. The molecule has 0 aliphatic carbocycles. The number of aliphatic imine (C=N–C) groups is 1. The fraction of sp³-hybridized carbons (Fsp3) is 0.786. The van der Waals surface area contributed by atoms with Crippen LogP contribution in [-0.4, -0.2) is 37.8 Å². The maximum Gasteiger partial charge on any atom is 0.0400 e. The van der Waals surface area contributed by atoms with Crippen molar-refractivity contribution < 1.29 is 0 Å². The third kappa shape index (κ3) is 36.8. The highest BCUT2D eigenvalue weighted by atomic mass is 15.0. The second-order valence-corrected chi connectivity index (χ2v) is 13.3. The van der Waals surface area contributed by atoms with Crippen LogP contribution in [0, 0.1) is 0 Å². The van der Waals surface area contributed by atoms with Crippen molar-refractivity contribution >= 4 is 5.71 Å². The van der Waals surface area contributed by atoms with E-state index >= 15 is 0 Å². The molecule has 0 saturated heterocycles. The van der Waals surface area contributed by atoms with Crippen LogP contribution >= 0.6 is 0 Å². The Hall–Kier alpha value is -1.41. The summed E-state index contributed by atoms with van der Waals surface area (Å²) < 4.78 is 0. The Morgan fingerprint density at radius 3 is 1.18 bits per heavy atom. The Morgan fingerprint density at radius 2 is 0.795 bits per heavy atom. The van der Waals surface area contributed by atoms with Crippen molar-refractivity contribution in [3.8, 4) is 0 Å². The summed E-state index contributed by atoms with van der Waals surface area (Å²) in [4.78, 5) is 7.35. The summed E-state index contributed by atoms with van der Waals surface area (Å²) in [7, 11) is 4.33. The summed E-state index contributed by atoms with van der Waals surface area (Å²) in [5.74, 6) is 0. The maximum absolute atomic E-state index is 5.08. The van der Waals surface area contributed by atoms with Gasteiger partial charge in [-0.15, -0.1) is 0 Å². The van der Waals surface area contributed by atoms with Crippen LogP contribution in [0.15, 0.2) is 53.6 Å². The first-order valence-electron chi connectivity index (χ1n) is 19.5. The van der Waals surface area contributed by atoms with Crippen LogP contribution in [0.5, 0.6) is 0 Å². The van der Waals surface area contributed by atoms with E-state index in [1.54, 1.807) is 0 Å². The average Bonchev–Trinajstić information content (AvgIpc) is 3.02. The normalized spacial score (nSPS) is 12.3. The lowest BCUT2D eigenvalue weighted by molar-refractivity contribution is 0.403. The molecule has 0 rings (SSSR count). The zero-order chi connectivity index (χ0) is 32.0. The van der Waals surface area contributed by atoms with Gasteiger partial charge in [0.2, 0.25) is 0 Å². The van der Waals surface area contributed by atoms with E-state index in [-0.39, 0.29) is 0 Å². The molecule has 0 aliphatic rings. The van der Waals surface area contributed by atoms with Crippen molar-refractivity contribution in [2.75, 3.05) is 27.2 Å². The summed E-state index contributed by atoms with van der Waals surface area (Å²) >= 11 is 0. The van der Waals surface area contributed by atoms with Crippen LogP contribution in [0.3, 0.4) is 0 Å². The van der Waals surface area contributed by atoms with Crippen molar-refractivity contribution in [2.24, 2.45) is 4.99 Å². The molecular formula is C42H78N2. The molecule has 0 atom stereocenters. The molecule has 0 amide bonds. The van der Waals surface area contributed by atoms with Crippen LogP contribution in [0.1, 0.15) is 187 Å². The molecule has 0 saturated carbocycles. The minimum Gasteiger partial charge on any atom is -0.309 e. The fourth-order valence-corrected chi connectivity index (χ4v) is 5.54. The summed E-state index contributed by atoms with van der Waals surface area (Å²) in [6, 6.07) is 0. The Morgan fingerprint density at radius 1 is 0.432 bits per heavy atom. The standard InChI is InChI=1S/C42H78N2/c1-5-7-9-11-13-15-17-19-21-23-25-27-29-31-33-35-38-42(43-40-37-41-44(3)4)39-36-34-32-30-28-26-24-22-20-18-16-14-12-10-8-6-2/h13-16,19-22H,5-12,17-18,23-41H2,1-4H3/b15-13-,16-14-,21-19-,22-20-. The first kappa shape index (κ1) is 42.6. The Labute approximate surface area is 278 Å². The quantitative estimate of drug-likeness (QED) is 0.0402. The SMILES string of the molecule is CCCCC/C=C\C/C=C\CCCCCCCCC(CCCCCCCC/C=C\C/C=C\CCCCC)=NCCCN(C)C. The first-order valence-corrected chi connectivity index (χ1v) is 19.5. The van der Waals surface area contributed by atoms with Gasteiger partial charge in [-0.1, -0.05) is 140 Å². The van der Waals surface area contributed by atoms with Crippen molar-refractivity contribution in [2.45, 2.75) is 187 Å². The number of nitrogens with zero attached hydrogens (tertiary/aromatic N) is 2. The number of unbranched alkanes of at least 4 members (excludes halogenated alkanes) is 18. The largest absolute Gasteiger partial charge is 0.309 e. The maximum atomic E-state index is 5.08. The van der Waals surface area contributed by atoms with Crippen LogP contribution in [-0.2, 0) is 0 Å². The molecule has 0 bridgehead atoms. The topological polar surface area (TPSA) is 15.6 Å². The lowest BCUT2D eigenvalue weighted by atomic mass is 10.0. The summed E-state index contributed by atoms with van der Waals surface area (Å²) in [5.41, 5.74) is 1.51. The zero-order valence-electron chi connectivity index (χ0n) is 30.5. The van der Waals surface area contributed by atoms with E-state index < -0.39 is 0 Å². The second-order valence-electron chi connectivity index (χ2n) is 13.3. The van der Waals surface area contributed by atoms with Gasteiger partial charge in [-0.25, -0.2) is 0 Å². The highest BCUT2D eigenvalue weighted by Gasteiger charge is 2.02. The number of rotatable bonds is 34. The van der Waals surface area contributed by atoms with Gasteiger partial charge >= 0.3 is 0 Å². The molecule has 0 heterocycles. The molecule has 0 aromatic heterocycles. The van der Waals surface area contributed by atoms with Crippen molar-refractivity contribution in [1.29, 1.82) is 0 Å². The van der Waals surface area contributed by atoms with Gasteiger partial charge in [0.05, 0.1) is 0 Å². The lowest BCUT2D eigenvalue weighted by Gasteiger charge is -2.10. The predicted molar refractivity (Wildman–Crippen MR) is 203 cm³/mol. The predicted octanol–water partition coefficient (Wildman–Crippen LogP) is 13.8. The minimum atomic E-state index is 1.01. The van der Waals surface area contributed by atoms with E-state index in [0.29, 0.717) is 0 Å². The van der Waals surface area contributed by atoms with E-state index in [2.05, 4.69) is 81.5 Å². The molecule has 256 valence electrons. The average molecular weight is 611 g/mol. The van der Waals surface area contributed by atoms with Gasteiger partial charge in [0.15, 0.2) is 0 Å². The van der Waals surface area contributed by atoms with Crippen molar-refractivity contribution in [1.82, 2.24) is 4.90 Å². The Bertz CT molecular complexity index is 647. The van der Waals surface area contributed by atoms with Crippen LogP contribution in [0.4, 0.5) is 0 Å². The molecule has 0 spiro atoms. The molecular weight excluding hydrogens is 532 g/mol. The molecule has 0 aromatic rings. The molecule has 0 unspecified atom stereocenters. The molecule has 0 N–H and O–H groups in total. The van der Waals surface area contributed by atoms with Gasteiger partial charge in [0.1, 0.15) is 0 Å². The summed E-state index contributed by atoms with van der Waals surface area (Å²) in [6.45, 7) is 6.70.